The summed E-state index contributed by atoms with van der Waals surface area (Å²) in [5.74, 6) is -0.361. The molecule has 1 N–H and O–H groups in total. The van der Waals surface area contributed by atoms with E-state index < -0.39 is 12.4 Å². The molecule has 0 unspecified atom stereocenters. The van der Waals surface area contributed by atoms with Crippen LogP contribution in [0.5, 0.6) is 5.75 Å². The van der Waals surface area contributed by atoms with Crippen molar-refractivity contribution in [1.82, 2.24) is 25.3 Å². The highest BCUT2D eigenvalue weighted by Gasteiger charge is 2.36. The third-order valence-corrected chi connectivity index (χ3v) is 5.41. The van der Waals surface area contributed by atoms with E-state index in [1.807, 2.05) is 0 Å². The maximum atomic E-state index is 12.4. The van der Waals surface area contributed by atoms with Gasteiger partial charge in [-0.1, -0.05) is 17.3 Å². The summed E-state index contributed by atoms with van der Waals surface area (Å²) in [7, 11) is 0. The fourth-order valence-corrected chi connectivity index (χ4v) is 3.78. The summed E-state index contributed by atoms with van der Waals surface area (Å²) in [6.45, 7) is 0.192. The molecule has 2 aromatic heterocycles. The van der Waals surface area contributed by atoms with Crippen LogP contribution in [0.3, 0.4) is 0 Å². The van der Waals surface area contributed by atoms with Crippen LogP contribution in [0.2, 0.25) is 0 Å². The smallest absolute Gasteiger partial charge is 0.406 e. The number of carbonyl (C=O) groups excluding carboxylic acids is 2. The molecule has 1 fully saturated rings. The van der Waals surface area contributed by atoms with Gasteiger partial charge in [-0.25, -0.2) is 4.98 Å². The molecule has 168 valence electrons. The summed E-state index contributed by atoms with van der Waals surface area (Å²) < 4.78 is 46.1. The molecule has 3 heterocycles. The summed E-state index contributed by atoms with van der Waals surface area (Å²) in [5, 5.41) is 8.48. The van der Waals surface area contributed by atoms with Crippen LogP contribution in [-0.2, 0) is 17.9 Å². The van der Waals surface area contributed by atoms with Crippen LogP contribution in [0.1, 0.15) is 46.0 Å². The van der Waals surface area contributed by atoms with E-state index in [1.165, 1.54) is 46.7 Å². The van der Waals surface area contributed by atoms with E-state index in [2.05, 4.69) is 25.2 Å². The highest BCUT2D eigenvalue weighted by molar-refractivity contribution is 7.11. The zero-order valence-corrected chi connectivity index (χ0v) is 17.2. The molecule has 32 heavy (non-hydrogen) atoms. The van der Waals surface area contributed by atoms with Gasteiger partial charge in [0.2, 0.25) is 11.8 Å². The first-order chi connectivity index (χ1) is 15.3. The number of aromatic nitrogens is 3. The molecule has 13 heteroatoms. The summed E-state index contributed by atoms with van der Waals surface area (Å²) in [6.07, 6.45) is -2.51. The van der Waals surface area contributed by atoms with E-state index in [1.54, 1.807) is 5.38 Å². The molecule has 3 aromatic rings. The number of carbonyl (C=O) groups is 2. The number of nitrogens with one attached hydrogen (secondary N) is 1. The van der Waals surface area contributed by atoms with Crippen molar-refractivity contribution in [1.29, 1.82) is 0 Å². The predicted molar refractivity (Wildman–Crippen MR) is 103 cm³/mol. The number of hydrogen-bond donors (Lipinski definition) is 1. The zero-order chi connectivity index (χ0) is 22.7. The first kappa shape index (κ1) is 21.7. The number of thiazole rings is 1. The lowest BCUT2D eigenvalue weighted by atomic mass is 10.1. The molecular formula is C19H16F3N5O4S. The topological polar surface area (TPSA) is 110 Å². The fourth-order valence-electron chi connectivity index (χ4n) is 3.23. The Bertz CT molecular complexity index is 1090. The lowest BCUT2D eigenvalue weighted by Gasteiger charge is -2.22. The van der Waals surface area contributed by atoms with Gasteiger partial charge in [-0.2, -0.15) is 4.98 Å². The van der Waals surface area contributed by atoms with Gasteiger partial charge in [0.05, 0.1) is 6.54 Å². The molecule has 1 atom stereocenters. The van der Waals surface area contributed by atoms with Gasteiger partial charge in [0, 0.05) is 24.5 Å². The second kappa shape index (κ2) is 8.94. The van der Waals surface area contributed by atoms with Crippen molar-refractivity contribution in [3.05, 3.63) is 58.1 Å². The Kier molecular flexibility index (Phi) is 6.08. The quantitative estimate of drug-likeness (QED) is 0.568. The Balaban J connectivity index is 1.39. The van der Waals surface area contributed by atoms with E-state index in [0.717, 1.165) is 0 Å². The molecule has 1 aliphatic heterocycles. The van der Waals surface area contributed by atoms with E-state index in [-0.39, 0.29) is 48.8 Å². The van der Waals surface area contributed by atoms with Crippen LogP contribution in [0.15, 0.2) is 40.4 Å². The van der Waals surface area contributed by atoms with Crippen LogP contribution in [0.4, 0.5) is 13.2 Å². The third kappa shape index (κ3) is 5.22. The number of alkyl halides is 3. The fraction of sp³-hybridized carbons (Fsp3) is 0.316. The lowest BCUT2D eigenvalue weighted by molar-refractivity contribution is -0.274. The molecule has 0 bridgehead atoms. The second-order valence-corrected chi connectivity index (χ2v) is 7.73. The Morgan fingerprint density at radius 2 is 2.09 bits per heavy atom. The van der Waals surface area contributed by atoms with Crippen molar-refractivity contribution in [3.63, 3.8) is 0 Å². The maximum absolute atomic E-state index is 12.4. The van der Waals surface area contributed by atoms with Crippen molar-refractivity contribution in [3.8, 4) is 5.75 Å². The molecule has 0 radical (unpaired) electrons. The van der Waals surface area contributed by atoms with Crippen LogP contribution < -0.4 is 10.1 Å². The van der Waals surface area contributed by atoms with Gasteiger partial charge >= 0.3 is 6.36 Å². The first-order valence-corrected chi connectivity index (χ1v) is 10.3. The van der Waals surface area contributed by atoms with E-state index in [0.29, 0.717) is 17.0 Å². The molecular weight excluding hydrogens is 451 g/mol. The van der Waals surface area contributed by atoms with E-state index in [9.17, 15) is 22.8 Å². The molecule has 2 amide bonds. The normalized spacial score (nSPS) is 16.4. The number of likely N-dealkylation sites (tertiary alicyclic amines) is 1. The number of halogens is 3. The number of amides is 2. The monoisotopic (exact) mass is 467 g/mol. The molecule has 1 saturated heterocycles. The molecule has 9 nitrogen and oxygen atoms in total. The van der Waals surface area contributed by atoms with Crippen molar-refractivity contribution in [2.24, 2.45) is 0 Å². The molecule has 1 aromatic carbocycles. The highest BCUT2D eigenvalue weighted by Crippen LogP contribution is 2.33. The Morgan fingerprint density at radius 3 is 2.78 bits per heavy atom. The van der Waals surface area contributed by atoms with Gasteiger partial charge in [0.15, 0.2) is 10.8 Å². The van der Waals surface area contributed by atoms with Gasteiger partial charge in [-0.15, -0.1) is 24.5 Å². The van der Waals surface area contributed by atoms with Gasteiger partial charge in [0.25, 0.3) is 5.91 Å². The average molecular weight is 467 g/mol. The van der Waals surface area contributed by atoms with Gasteiger partial charge in [-0.3, -0.25) is 9.59 Å². The van der Waals surface area contributed by atoms with Crippen molar-refractivity contribution >= 4 is 23.2 Å². The van der Waals surface area contributed by atoms with Gasteiger partial charge < -0.3 is 19.5 Å². The SMILES string of the molecule is O=C(NCc1noc([C@@H]2CCC(=O)N2Cc2ccc(OC(F)(F)F)cc2)n1)c1nccs1. The molecule has 1 aliphatic rings. The van der Waals surface area contributed by atoms with Crippen LogP contribution in [-0.4, -0.2) is 38.2 Å². The number of rotatable bonds is 7. The Hall–Kier alpha value is -3.48. The Morgan fingerprint density at radius 1 is 1.31 bits per heavy atom. The summed E-state index contributed by atoms with van der Waals surface area (Å²) >= 11 is 1.20. The summed E-state index contributed by atoms with van der Waals surface area (Å²) in [4.78, 5) is 34.1. The zero-order valence-electron chi connectivity index (χ0n) is 16.3. The van der Waals surface area contributed by atoms with Crippen molar-refractivity contribution < 1.29 is 32.0 Å². The lowest BCUT2D eigenvalue weighted by Crippen LogP contribution is -2.27. The van der Waals surface area contributed by atoms with Gasteiger partial charge in [0.1, 0.15) is 11.8 Å². The minimum absolute atomic E-state index is 0.0310. The number of ether oxygens (including phenoxy) is 1. The number of nitrogens with zero attached hydrogens (tertiary/aromatic N) is 4. The maximum Gasteiger partial charge on any atom is 0.573 e. The molecule has 0 saturated carbocycles. The van der Waals surface area contributed by atoms with E-state index >= 15 is 0 Å². The minimum Gasteiger partial charge on any atom is -0.406 e. The molecule has 4 rings (SSSR count). The largest absolute Gasteiger partial charge is 0.573 e. The van der Waals surface area contributed by atoms with Crippen molar-refractivity contribution in [2.75, 3.05) is 0 Å². The standard InChI is InChI=1S/C19H16F3N5O4S/c20-19(21,22)30-12-3-1-11(2-4-12)10-27-13(5-6-15(27)28)17-25-14(26-31-17)9-24-16(29)18-23-7-8-32-18/h1-4,7-8,13H,5-6,9-10H2,(H,24,29)/t13-/m0/s1. The summed E-state index contributed by atoms with van der Waals surface area (Å²) in [6, 6.07) is 4.82. The molecule has 0 aliphatic carbocycles. The van der Waals surface area contributed by atoms with Crippen LogP contribution in [0, 0.1) is 0 Å². The first-order valence-electron chi connectivity index (χ1n) is 9.43. The Labute approximate surface area is 183 Å². The van der Waals surface area contributed by atoms with Crippen molar-refractivity contribution in [2.45, 2.75) is 38.3 Å². The second-order valence-electron chi connectivity index (χ2n) is 6.84. The predicted octanol–water partition coefficient (Wildman–Crippen LogP) is 3.22. The highest BCUT2D eigenvalue weighted by atomic mass is 32.1. The number of benzene rings is 1. The minimum atomic E-state index is -4.77. The van der Waals surface area contributed by atoms with Gasteiger partial charge in [-0.05, 0) is 24.1 Å². The third-order valence-electron chi connectivity index (χ3n) is 4.64. The average Bonchev–Trinajstić information content (AvgIpc) is 3.49. The summed E-state index contributed by atoms with van der Waals surface area (Å²) in [5.41, 5.74) is 0.621. The van der Waals surface area contributed by atoms with E-state index in [4.69, 9.17) is 4.52 Å². The molecule has 0 spiro atoms. The van der Waals surface area contributed by atoms with Crippen LogP contribution in [0.25, 0.3) is 0 Å². The van der Waals surface area contributed by atoms with Crippen LogP contribution >= 0.6 is 11.3 Å². The number of hydrogen-bond acceptors (Lipinski definition) is 8.